The van der Waals surface area contributed by atoms with E-state index in [1.807, 2.05) is 61.5 Å². The molecule has 9 heteroatoms. The minimum Gasteiger partial charge on any atom is -0.352 e. The number of sulfonamides is 1. The zero-order valence-corrected chi connectivity index (χ0v) is 24.5. The van der Waals surface area contributed by atoms with Crippen LogP contribution < -0.4 is 5.32 Å². The molecule has 7 nitrogen and oxygen atoms in total. The van der Waals surface area contributed by atoms with Crippen LogP contribution in [0.1, 0.15) is 42.4 Å². The zero-order valence-electron chi connectivity index (χ0n) is 22.9. The molecule has 40 heavy (non-hydrogen) atoms. The molecule has 0 bridgehead atoms. The fourth-order valence-corrected chi connectivity index (χ4v) is 6.33. The highest BCUT2D eigenvalue weighted by molar-refractivity contribution is 7.89. The third-order valence-corrected chi connectivity index (χ3v) is 9.36. The van der Waals surface area contributed by atoms with E-state index in [1.54, 1.807) is 0 Å². The first-order chi connectivity index (χ1) is 19.1. The van der Waals surface area contributed by atoms with E-state index in [2.05, 4.69) is 5.32 Å². The van der Waals surface area contributed by atoms with Crippen LogP contribution in [0.4, 0.5) is 0 Å². The molecule has 0 spiro atoms. The molecule has 3 aromatic rings. The summed E-state index contributed by atoms with van der Waals surface area (Å²) >= 11 is 5.94. The second-order valence-electron chi connectivity index (χ2n) is 10.4. The summed E-state index contributed by atoms with van der Waals surface area (Å²) in [7, 11) is -2.59. The number of nitrogens with zero attached hydrogens (tertiary/aromatic N) is 2. The molecular formula is C31H36ClN3O4S. The lowest BCUT2D eigenvalue weighted by molar-refractivity contribution is -0.141. The fraction of sp³-hybridized carbons (Fsp3) is 0.355. The van der Waals surface area contributed by atoms with Crippen molar-refractivity contribution in [3.63, 3.8) is 0 Å². The van der Waals surface area contributed by atoms with Gasteiger partial charge in [0.2, 0.25) is 21.8 Å². The van der Waals surface area contributed by atoms with E-state index in [9.17, 15) is 18.0 Å². The van der Waals surface area contributed by atoms with Crippen molar-refractivity contribution in [2.24, 2.45) is 0 Å². The Labute approximate surface area is 242 Å². The zero-order chi connectivity index (χ0) is 28.7. The average molecular weight is 582 g/mol. The first-order valence-corrected chi connectivity index (χ1v) is 15.4. The van der Waals surface area contributed by atoms with Gasteiger partial charge in [0.05, 0.1) is 11.4 Å². The van der Waals surface area contributed by atoms with E-state index in [0.717, 1.165) is 46.7 Å². The van der Waals surface area contributed by atoms with Crippen LogP contribution in [0.5, 0.6) is 0 Å². The molecule has 1 saturated carbocycles. The van der Waals surface area contributed by atoms with Gasteiger partial charge in [0, 0.05) is 31.1 Å². The lowest BCUT2D eigenvalue weighted by Crippen LogP contribution is -2.54. The number of rotatable bonds is 11. The molecule has 1 fully saturated rings. The minimum atomic E-state index is -3.96. The van der Waals surface area contributed by atoms with Gasteiger partial charge in [-0.1, -0.05) is 84.6 Å². The number of likely N-dealkylation sites (N-methyl/N-ethyl adjacent to an activating group) is 1. The summed E-state index contributed by atoms with van der Waals surface area (Å²) < 4.78 is 27.5. The number of halogens is 1. The molecule has 1 atom stereocenters. The van der Waals surface area contributed by atoms with Crippen LogP contribution in [-0.2, 0) is 32.6 Å². The third kappa shape index (κ3) is 7.71. The van der Waals surface area contributed by atoms with E-state index in [1.165, 1.54) is 36.2 Å². The maximum atomic E-state index is 14.0. The van der Waals surface area contributed by atoms with Gasteiger partial charge in [-0.3, -0.25) is 9.59 Å². The van der Waals surface area contributed by atoms with Gasteiger partial charge in [0.25, 0.3) is 0 Å². The number of hydrogen-bond acceptors (Lipinski definition) is 4. The Bertz CT molecular complexity index is 1410. The maximum Gasteiger partial charge on any atom is 0.243 e. The number of carbonyl (C=O) groups excluding carboxylic acids is 2. The van der Waals surface area contributed by atoms with Crippen LogP contribution in [0, 0.1) is 6.92 Å². The summed E-state index contributed by atoms with van der Waals surface area (Å²) in [5.74, 6) is -0.677. The highest BCUT2D eigenvalue weighted by Crippen LogP contribution is 2.22. The lowest BCUT2D eigenvalue weighted by Gasteiger charge is -2.33. The monoisotopic (exact) mass is 581 g/mol. The van der Waals surface area contributed by atoms with Gasteiger partial charge in [-0.2, -0.15) is 4.31 Å². The molecule has 0 saturated heterocycles. The van der Waals surface area contributed by atoms with Crippen LogP contribution in [0.15, 0.2) is 83.8 Å². The minimum absolute atomic E-state index is 0.0391. The normalized spacial score (nSPS) is 14.7. The summed E-state index contributed by atoms with van der Waals surface area (Å²) in [5, 5.41) is 3.59. The Hall–Kier alpha value is -3.20. The van der Waals surface area contributed by atoms with Crippen molar-refractivity contribution in [3.05, 3.63) is 101 Å². The van der Waals surface area contributed by atoms with E-state index in [0.29, 0.717) is 11.4 Å². The van der Waals surface area contributed by atoms with Crippen LogP contribution in [0.3, 0.4) is 0 Å². The second kappa shape index (κ2) is 13.4. The van der Waals surface area contributed by atoms with Gasteiger partial charge < -0.3 is 10.2 Å². The van der Waals surface area contributed by atoms with Crippen molar-refractivity contribution in [2.75, 3.05) is 13.6 Å². The summed E-state index contributed by atoms with van der Waals surface area (Å²) in [5.41, 5.74) is 2.81. The smallest absolute Gasteiger partial charge is 0.243 e. The standard InChI is InChI=1S/C31H36ClN3O4S/c1-23-9-8-12-25(19-23)21-35(30(36)22-34(2)40(38,39)28-17-15-26(32)16-18-28)29(20-24-10-4-3-5-11-24)31(37)33-27-13-6-7-14-27/h3-5,8-12,15-19,27,29H,6-7,13-14,20-22H2,1-2H3,(H,33,37)/t29-/m1/s1. The largest absolute Gasteiger partial charge is 0.352 e. The van der Waals surface area contributed by atoms with E-state index in [4.69, 9.17) is 11.6 Å². The van der Waals surface area contributed by atoms with Crippen molar-refractivity contribution >= 4 is 33.4 Å². The number of hydrogen-bond donors (Lipinski definition) is 1. The van der Waals surface area contributed by atoms with Crippen LogP contribution in [-0.4, -0.2) is 55.1 Å². The molecule has 0 heterocycles. The van der Waals surface area contributed by atoms with Gasteiger partial charge in [0.15, 0.2) is 0 Å². The molecule has 0 radical (unpaired) electrons. The summed E-state index contributed by atoms with van der Waals surface area (Å²) in [6, 6.07) is 22.4. The van der Waals surface area contributed by atoms with E-state index < -0.39 is 28.5 Å². The third-order valence-electron chi connectivity index (χ3n) is 7.29. The van der Waals surface area contributed by atoms with Crippen LogP contribution in [0.25, 0.3) is 0 Å². The van der Waals surface area contributed by atoms with Crippen LogP contribution in [0.2, 0.25) is 5.02 Å². The Morgan fingerprint density at radius 1 is 0.950 bits per heavy atom. The van der Waals surface area contributed by atoms with E-state index >= 15 is 0 Å². The molecular weight excluding hydrogens is 546 g/mol. The van der Waals surface area contributed by atoms with Gasteiger partial charge in [-0.25, -0.2) is 8.42 Å². The SMILES string of the molecule is Cc1cccc(CN(C(=O)CN(C)S(=O)(=O)c2ccc(Cl)cc2)[C@H](Cc2ccccc2)C(=O)NC2CCCC2)c1. The molecule has 1 N–H and O–H groups in total. The highest BCUT2D eigenvalue weighted by Gasteiger charge is 2.34. The molecule has 1 aliphatic carbocycles. The molecule has 2 amide bonds. The lowest BCUT2D eigenvalue weighted by atomic mass is 10.0. The molecule has 0 aliphatic heterocycles. The Kier molecular flexibility index (Phi) is 10.0. The maximum absolute atomic E-state index is 14.0. The van der Waals surface area contributed by atoms with Gasteiger partial charge in [-0.05, 0) is 55.2 Å². The van der Waals surface area contributed by atoms with Crippen molar-refractivity contribution in [1.82, 2.24) is 14.5 Å². The fourth-order valence-electron chi connectivity index (χ4n) is 5.08. The Morgan fingerprint density at radius 2 is 1.60 bits per heavy atom. The van der Waals surface area contributed by atoms with Crippen LogP contribution >= 0.6 is 11.6 Å². The molecule has 212 valence electrons. The van der Waals surface area contributed by atoms with Gasteiger partial charge >= 0.3 is 0 Å². The van der Waals surface area contributed by atoms with Crippen molar-refractivity contribution in [3.8, 4) is 0 Å². The first-order valence-electron chi connectivity index (χ1n) is 13.5. The average Bonchev–Trinajstić information content (AvgIpc) is 3.44. The molecule has 0 aromatic heterocycles. The predicted molar refractivity (Wildman–Crippen MR) is 157 cm³/mol. The predicted octanol–water partition coefficient (Wildman–Crippen LogP) is 4.97. The number of amides is 2. The Balaban J connectivity index is 1.66. The Morgan fingerprint density at radius 3 is 2.25 bits per heavy atom. The highest BCUT2D eigenvalue weighted by atomic mass is 35.5. The molecule has 3 aromatic carbocycles. The number of nitrogens with one attached hydrogen (secondary N) is 1. The molecule has 1 aliphatic rings. The van der Waals surface area contributed by atoms with Gasteiger partial charge in [0.1, 0.15) is 6.04 Å². The van der Waals surface area contributed by atoms with Crippen molar-refractivity contribution < 1.29 is 18.0 Å². The van der Waals surface area contributed by atoms with E-state index in [-0.39, 0.29) is 23.4 Å². The van der Waals surface area contributed by atoms with Crippen molar-refractivity contribution in [2.45, 2.75) is 62.6 Å². The second-order valence-corrected chi connectivity index (χ2v) is 12.9. The number of carbonyl (C=O) groups is 2. The molecule has 0 unspecified atom stereocenters. The number of aryl methyl sites for hydroxylation is 1. The molecule has 4 rings (SSSR count). The number of benzene rings is 3. The first kappa shape index (κ1) is 29.8. The van der Waals surface area contributed by atoms with Gasteiger partial charge in [-0.15, -0.1) is 0 Å². The summed E-state index contributed by atoms with van der Waals surface area (Å²) in [6.45, 7) is 1.72. The summed E-state index contributed by atoms with van der Waals surface area (Å²) in [4.78, 5) is 29.3. The van der Waals surface area contributed by atoms with Crippen molar-refractivity contribution in [1.29, 1.82) is 0 Å². The quantitative estimate of drug-likeness (QED) is 0.346. The topological polar surface area (TPSA) is 86.8 Å². The summed E-state index contributed by atoms with van der Waals surface area (Å²) in [6.07, 6.45) is 4.27.